The first-order chi connectivity index (χ1) is 8.76. The molecule has 5 nitrogen and oxygen atoms in total. The molecule has 2 rings (SSSR count). The Morgan fingerprint density at radius 2 is 2.22 bits per heavy atom. The van der Waals surface area contributed by atoms with Crippen molar-refractivity contribution in [1.29, 1.82) is 0 Å². The van der Waals surface area contributed by atoms with Gasteiger partial charge in [-0.15, -0.1) is 0 Å². The van der Waals surface area contributed by atoms with Crippen LogP contribution in [0.1, 0.15) is 26.2 Å². The fourth-order valence-corrected chi connectivity index (χ4v) is 2.27. The van der Waals surface area contributed by atoms with E-state index in [1.807, 2.05) is 6.92 Å². The molecule has 1 fully saturated rings. The number of nitrogens with one attached hydrogen (secondary N) is 1. The van der Waals surface area contributed by atoms with Gasteiger partial charge < -0.3 is 15.0 Å². The van der Waals surface area contributed by atoms with E-state index in [1.54, 1.807) is 13.4 Å². The zero-order chi connectivity index (χ0) is 13.0. The lowest BCUT2D eigenvalue weighted by molar-refractivity contribution is 0.319. The predicted molar refractivity (Wildman–Crippen MR) is 73.4 cm³/mol. The average molecular weight is 250 g/mol. The third-order valence-electron chi connectivity index (χ3n) is 3.45. The quantitative estimate of drug-likeness (QED) is 0.838. The second-order valence-electron chi connectivity index (χ2n) is 4.79. The van der Waals surface area contributed by atoms with Crippen LogP contribution in [0.3, 0.4) is 0 Å². The van der Waals surface area contributed by atoms with Crippen molar-refractivity contribution >= 4 is 11.6 Å². The van der Waals surface area contributed by atoms with E-state index in [-0.39, 0.29) is 0 Å². The highest BCUT2D eigenvalue weighted by molar-refractivity contribution is 5.64. The molecule has 1 aromatic heterocycles. The van der Waals surface area contributed by atoms with Crippen molar-refractivity contribution in [3.63, 3.8) is 0 Å². The van der Waals surface area contributed by atoms with E-state index in [2.05, 4.69) is 27.2 Å². The molecule has 5 heteroatoms. The summed E-state index contributed by atoms with van der Waals surface area (Å²) in [5.41, 5.74) is 0. The van der Waals surface area contributed by atoms with Crippen molar-refractivity contribution in [2.45, 2.75) is 26.2 Å². The number of hydrogen-bond donors (Lipinski definition) is 1. The van der Waals surface area contributed by atoms with Gasteiger partial charge >= 0.3 is 0 Å². The molecule has 0 bridgehead atoms. The van der Waals surface area contributed by atoms with Gasteiger partial charge in [-0.05, 0) is 25.7 Å². The maximum atomic E-state index is 5.45. The van der Waals surface area contributed by atoms with Crippen LogP contribution in [0.25, 0.3) is 0 Å². The maximum absolute atomic E-state index is 5.45. The minimum atomic E-state index is 0.737. The average Bonchev–Trinajstić information content (AvgIpc) is 2.33. The highest BCUT2D eigenvalue weighted by Crippen LogP contribution is 2.34. The molecule has 1 aliphatic carbocycles. The standard InChI is InChI=1S/C13H22N4O/c1-4-14-12-11(18-3)13(16-9-15-12)17(2)8-10-6-5-7-10/h9-10H,4-8H2,1-3H3,(H,14,15,16). The van der Waals surface area contributed by atoms with Gasteiger partial charge in [0.2, 0.25) is 5.75 Å². The molecule has 0 aromatic carbocycles. The van der Waals surface area contributed by atoms with Crippen molar-refractivity contribution in [2.75, 3.05) is 37.5 Å². The Balaban J connectivity index is 2.16. The van der Waals surface area contributed by atoms with Gasteiger partial charge in [0.05, 0.1) is 7.11 Å². The first-order valence-electron chi connectivity index (χ1n) is 6.60. The second kappa shape index (κ2) is 5.89. The molecule has 1 heterocycles. The highest BCUT2D eigenvalue weighted by atomic mass is 16.5. The lowest BCUT2D eigenvalue weighted by Gasteiger charge is -2.31. The van der Waals surface area contributed by atoms with E-state index in [0.717, 1.165) is 36.4 Å². The number of aromatic nitrogens is 2. The molecular formula is C13H22N4O. The molecule has 1 aliphatic rings. The number of rotatable bonds is 6. The topological polar surface area (TPSA) is 50.3 Å². The molecule has 0 aliphatic heterocycles. The number of nitrogens with zero attached hydrogens (tertiary/aromatic N) is 3. The van der Waals surface area contributed by atoms with Crippen LogP contribution in [0.15, 0.2) is 6.33 Å². The van der Waals surface area contributed by atoms with Crippen LogP contribution in [0.5, 0.6) is 5.75 Å². The Kier molecular flexibility index (Phi) is 4.23. The first-order valence-corrected chi connectivity index (χ1v) is 6.60. The Morgan fingerprint density at radius 1 is 1.44 bits per heavy atom. The summed E-state index contributed by atoms with van der Waals surface area (Å²) in [6, 6.07) is 0. The summed E-state index contributed by atoms with van der Waals surface area (Å²) in [6.07, 6.45) is 5.62. The summed E-state index contributed by atoms with van der Waals surface area (Å²) in [5, 5.41) is 3.20. The minimum absolute atomic E-state index is 0.737. The largest absolute Gasteiger partial charge is 0.490 e. The van der Waals surface area contributed by atoms with Crippen molar-refractivity contribution < 1.29 is 4.74 Å². The Hall–Kier alpha value is -1.52. The third-order valence-corrected chi connectivity index (χ3v) is 3.45. The molecule has 0 saturated heterocycles. The van der Waals surface area contributed by atoms with Gasteiger partial charge in [-0.1, -0.05) is 6.42 Å². The molecule has 18 heavy (non-hydrogen) atoms. The lowest BCUT2D eigenvalue weighted by Crippen LogP contribution is -2.30. The maximum Gasteiger partial charge on any atom is 0.204 e. The molecule has 1 N–H and O–H groups in total. The molecule has 0 amide bonds. The number of hydrogen-bond acceptors (Lipinski definition) is 5. The predicted octanol–water partition coefficient (Wildman–Crippen LogP) is 2.15. The van der Waals surface area contributed by atoms with Crippen LogP contribution in [0, 0.1) is 5.92 Å². The van der Waals surface area contributed by atoms with Gasteiger partial charge in [0.15, 0.2) is 11.6 Å². The van der Waals surface area contributed by atoms with Gasteiger partial charge in [0.1, 0.15) is 6.33 Å². The monoisotopic (exact) mass is 250 g/mol. The van der Waals surface area contributed by atoms with Crippen LogP contribution in [0.4, 0.5) is 11.6 Å². The smallest absolute Gasteiger partial charge is 0.204 e. The van der Waals surface area contributed by atoms with E-state index in [0.29, 0.717) is 0 Å². The zero-order valence-electron chi connectivity index (χ0n) is 11.4. The van der Waals surface area contributed by atoms with Crippen LogP contribution < -0.4 is 15.0 Å². The molecule has 0 atom stereocenters. The third kappa shape index (κ3) is 2.66. The van der Waals surface area contributed by atoms with E-state index in [4.69, 9.17) is 4.74 Å². The highest BCUT2D eigenvalue weighted by Gasteiger charge is 2.22. The normalized spacial score (nSPS) is 15.1. The van der Waals surface area contributed by atoms with Gasteiger partial charge in [0.25, 0.3) is 0 Å². The van der Waals surface area contributed by atoms with Gasteiger partial charge in [-0.25, -0.2) is 9.97 Å². The lowest BCUT2D eigenvalue weighted by atomic mass is 9.85. The Bertz CT molecular complexity index is 393. The summed E-state index contributed by atoms with van der Waals surface area (Å²) in [4.78, 5) is 10.7. The minimum Gasteiger partial charge on any atom is -0.490 e. The van der Waals surface area contributed by atoms with Gasteiger partial charge in [0, 0.05) is 20.1 Å². The molecule has 100 valence electrons. The zero-order valence-corrected chi connectivity index (χ0v) is 11.4. The molecule has 0 radical (unpaired) electrons. The van der Waals surface area contributed by atoms with Crippen molar-refractivity contribution in [2.24, 2.45) is 5.92 Å². The number of ether oxygens (including phenoxy) is 1. The summed E-state index contributed by atoms with van der Waals surface area (Å²) in [7, 11) is 3.74. The Morgan fingerprint density at radius 3 is 2.78 bits per heavy atom. The van der Waals surface area contributed by atoms with E-state index in [1.165, 1.54) is 19.3 Å². The summed E-state index contributed by atoms with van der Waals surface area (Å²) in [6.45, 7) is 3.90. The van der Waals surface area contributed by atoms with Crippen LogP contribution >= 0.6 is 0 Å². The molecule has 1 aromatic rings. The van der Waals surface area contributed by atoms with Gasteiger partial charge in [-0.2, -0.15) is 0 Å². The summed E-state index contributed by atoms with van der Waals surface area (Å²) >= 11 is 0. The van der Waals surface area contributed by atoms with Crippen molar-refractivity contribution in [1.82, 2.24) is 9.97 Å². The summed E-state index contributed by atoms with van der Waals surface area (Å²) < 4.78 is 5.45. The van der Waals surface area contributed by atoms with Gasteiger partial charge in [-0.3, -0.25) is 0 Å². The second-order valence-corrected chi connectivity index (χ2v) is 4.79. The van der Waals surface area contributed by atoms with Crippen molar-refractivity contribution in [3.8, 4) is 5.75 Å². The van der Waals surface area contributed by atoms with E-state index < -0.39 is 0 Å². The van der Waals surface area contributed by atoms with Crippen LogP contribution in [0.2, 0.25) is 0 Å². The first kappa shape index (κ1) is 12.9. The fraction of sp³-hybridized carbons (Fsp3) is 0.692. The fourth-order valence-electron chi connectivity index (χ4n) is 2.27. The molecule has 0 unspecified atom stereocenters. The molecular weight excluding hydrogens is 228 g/mol. The molecule has 1 saturated carbocycles. The van der Waals surface area contributed by atoms with E-state index >= 15 is 0 Å². The van der Waals surface area contributed by atoms with Crippen molar-refractivity contribution in [3.05, 3.63) is 6.33 Å². The van der Waals surface area contributed by atoms with E-state index in [9.17, 15) is 0 Å². The van der Waals surface area contributed by atoms with Crippen LogP contribution in [-0.2, 0) is 0 Å². The number of anilines is 2. The summed E-state index contributed by atoms with van der Waals surface area (Å²) in [5.74, 6) is 3.18. The number of methoxy groups -OCH3 is 1. The van der Waals surface area contributed by atoms with Crippen LogP contribution in [-0.4, -0.2) is 37.2 Å². The SMILES string of the molecule is CCNc1ncnc(N(C)CC2CCC2)c1OC. The Labute approximate surface area is 109 Å². The molecule has 0 spiro atoms.